The number of hydrogen-bond acceptors (Lipinski definition) is 6. The number of methoxy groups -OCH3 is 1. The number of fused-ring (bicyclic) bond motifs is 1. The van der Waals surface area contributed by atoms with E-state index in [2.05, 4.69) is 13.2 Å². The Labute approximate surface area is 243 Å². The molecule has 0 aromatic heterocycles. The smallest absolute Gasteiger partial charge is 0.253 e. The molecule has 9 heteroatoms. The molecule has 1 spiro atoms. The zero-order valence-corrected chi connectivity index (χ0v) is 25.0. The third kappa shape index (κ3) is 4.77. The highest BCUT2D eigenvalue weighted by Gasteiger charge is 2.79. The lowest BCUT2D eigenvalue weighted by atomic mass is 9.64. The maximum atomic E-state index is 14.8. The fraction of sp³-hybridized carbons (Fsp3) is 0.594. The first-order valence-corrected chi connectivity index (χ1v) is 14.7. The lowest BCUT2D eigenvalue weighted by molar-refractivity contribution is -0.154. The highest BCUT2D eigenvalue weighted by Crippen LogP contribution is 2.65. The highest BCUT2D eigenvalue weighted by atomic mass is 16.5. The van der Waals surface area contributed by atoms with Crippen LogP contribution in [0.25, 0.3) is 0 Å². The number of aliphatic hydroxyl groups is 1. The molecule has 7 atom stereocenters. The van der Waals surface area contributed by atoms with E-state index >= 15 is 0 Å². The van der Waals surface area contributed by atoms with Gasteiger partial charge in [-0.2, -0.15) is 0 Å². The average Bonchev–Trinajstić information content (AvgIpc) is 3.59. The van der Waals surface area contributed by atoms with Gasteiger partial charge in [-0.1, -0.05) is 39.3 Å². The molecule has 9 nitrogen and oxygen atoms in total. The van der Waals surface area contributed by atoms with Gasteiger partial charge < -0.3 is 29.3 Å². The van der Waals surface area contributed by atoms with Crippen molar-refractivity contribution in [1.29, 1.82) is 0 Å². The molecule has 3 saturated heterocycles. The second-order valence-corrected chi connectivity index (χ2v) is 11.7. The van der Waals surface area contributed by atoms with Crippen LogP contribution in [0.1, 0.15) is 46.5 Å². The minimum atomic E-state index is -1.19. The predicted octanol–water partition coefficient (Wildman–Crippen LogP) is 3.42. The first-order valence-electron chi connectivity index (χ1n) is 14.7. The molecule has 3 aliphatic rings. The van der Waals surface area contributed by atoms with Crippen LogP contribution < -0.4 is 9.64 Å². The third-order valence-electron chi connectivity index (χ3n) is 9.70. The quantitative estimate of drug-likeness (QED) is 0.367. The number of likely N-dealkylation sites (N-methyl/N-ethyl adjacent to an activating group) is 1. The van der Waals surface area contributed by atoms with Gasteiger partial charge in [0, 0.05) is 25.8 Å². The maximum Gasteiger partial charge on any atom is 0.253 e. The van der Waals surface area contributed by atoms with Gasteiger partial charge in [-0.05, 0) is 49.4 Å². The largest absolute Gasteiger partial charge is 0.497 e. The fourth-order valence-electron chi connectivity index (χ4n) is 7.36. The Hall–Kier alpha value is -3.17. The van der Waals surface area contributed by atoms with E-state index in [9.17, 15) is 19.5 Å². The minimum Gasteiger partial charge on any atom is -0.497 e. The molecule has 3 fully saturated rings. The van der Waals surface area contributed by atoms with Crippen molar-refractivity contribution in [2.24, 2.45) is 17.8 Å². The lowest BCUT2D eigenvalue weighted by Gasteiger charge is -2.41. The number of amides is 3. The van der Waals surface area contributed by atoms with Crippen molar-refractivity contribution in [2.75, 3.05) is 38.8 Å². The number of rotatable bonds is 13. The number of nitrogens with zero attached hydrogens (tertiary/aromatic N) is 3. The van der Waals surface area contributed by atoms with E-state index in [4.69, 9.17) is 9.47 Å². The zero-order valence-electron chi connectivity index (χ0n) is 25.0. The van der Waals surface area contributed by atoms with Crippen LogP contribution in [0.5, 0.6) is 5.75 Å². The van der Waals surface area contributed by atoms with E-state index in [1.165, 1.54) is 0 Å². The summed E-state index contributed by atoms with van der Waals surface area (Å²) in [6.07, 6.45) is 5.59. The Morgan fingerprint density at radius 2 is 1.83 bits per heavy atom. The molecule has 0 saturated carbocycles. The van der Waals surface area contributed by atoms with E-state index in [0.29, 0.717) is 43.7 Å². The van der Waals surface area contributed by atoms with Gasteiger partial charge in [-0.15, -0.1) is 13.2 Å². The molecule has 1 aromatic rings. The van der Waals surface area contributed by atoms with Crippen molar-refractivity contribution in [2.45, 2.75) is 69.7 Å². The second-order valence-electron chi connectivity index (χ2n) is 11.7. The van der Waals surface area contributed by atoms with Crippen LogP contribution in [-0.4, -0.2) is 89.8 Å². The number of hydrogen-bond donors (Lipinski definition) is 1. The monoisotopic (exact) mass is 567 g/mol. The van der Waals surface area contributed by atoms with Crippen LogP contribution >= 0.6 is 0 Å². The van der Waals surface area contributed by atoms with Crippen molar-refractivity contribution in [1.82, 2.24) is 9.80 Å². The van der Waals surface area contributed by atoms with Gasteiger partial charge >= 0.3 is 0 Å². The van der Waals surface area contributed by atoms with E-state index < -0.39 is 35.1 Å². The Bertz CT molecular complexity index is 1170. The van der Waals surface area contributed by atoms with Crippen molar-refractivity contribution in [3.05, 3.63) is 49.6 Å². The SMILES string of the molecule is C=CCN(C)C(=O)[C@@H]1[C@H]2C(=O)N([C@@H](CO)[C@@H](C)CC)C(C(=O)N(CC=C)c3ccc(OC)cc3)C23CC[C@@]1(CC)O3. The van der Waals surface area contributed by atoms with Gasteiger partial charge in [-0.3, -0.25) is 14.4 Å². The van der Waals surface area contributed by atoms with Gasteiger partial charge in [-0.25, -0.2) is 0 Å². The molecule has 3 aliphatic heterocycles. The summed E-state index contributed by atoms with van der Waals surface area (Å²) in [4.78, 5) is 48.1. The fourth-order valence-corrected chi connectivity index (χ4v) is 7.36. The molecule has 3 amide bonds. The van der Waals surface area contributed by atoms with E-state index in [1.54, 1.807) is 65.3 Å². The third-order valence-corrected chi connectivity index (χ3v) is 9.70. The highest BCUT2D eigenvalue weighted by molar-refractivity contribution is 6.05. The van der Waals surface area contributed by atoms with E-state index in [1.807, 2.05) is 20.8 Å². The summed E-state index contributed by atoms with van der Waals surface area (Å²) in [6.45, 7) is 13.8. The molecule has 41 heavy (non-hydrogen) atoms. The van der Waals surface area contributed by atoms with E-state index in [0.717, 1.165) is 0 Å². The van der Waals surface area contributed by atoms with Crippen LogP contribution in [0.2, 0.25) is 0 Å². The number of benzene rings is 1. The van der Waals surface area contributed by atoms with Crippen LogP contribution in [0.4, 0.5) is 5.69 Å². The maximum absolute atomic E-state index is 14.8. The van der Waals surface area contributed by atoms with Gasteiger partial charge in [0.25, 0.3) is 5.91 Å². The standard InChI is InChI=1S/C32H45N3O6/c1-8-18-33(6)28(37)25-26-29(38)35(24(20-36)21(5)10-3)27(32(26)17-16-31(25,11-4)41-32)30(39)34(19-9-2)22-12-14-23(40-7)15-13-22/h8-9,12-15,21,24-27,36H,1-2,10-11,16-20H2,3-7H3/t21-,24-,25-,26-,27?,31+,32?/m0/s1. The number of carbonyl (C=O) groups is 3. The van der Waals surface area contributed by atoms with Crippen molar-refractivity contribution in [3.63, 3.8) is 0 Å². The topological polar surface area (TPSA) is 99.6 Å². The first kappa shape index (κ1) is 30.8. The van der Waals surface area contributed by atoms with Crippen LogP contribution in [0.3, 0.4) is 0 Å². The summed E-state index contributed by atoms with van der Waals surface area (Å²) < 4.78 is 12.2. The zero-order chi connectivity index (χ0) is 30.1. The minimum absolute atomic E-state index is 0.0850. The molecule has 224 valence electrons. The number of anilines is 1. The first-order chi connectivity index (χ1) is 19.6. The van der Waals surface area contributed by atoms with Crippen LogP contribution in [0.15, 0.2) is 49.6 Å². The Morgan fingerprint density at radius 1 is 1.17 bits per heavy atom. The lowest BCUT2D eigenvalue weighted by Crippen LogP contribution is -2.60. The summed E-state index contributed by atoms with van der Waals surface area (Å²) in [6, 6.07) is 5.54. The Morgan fingerprint density at radius 3 is 2.37 bits per heavy atom. The summed E-state index contributed by atoms with van der Waals surface area (Å²) in [5.41, 5.74) is -1.40. The van der Waals surface area contributed by atoms with Crippen LogP contribution in [0, 0.1) is 17.8 Å². The van der Waals surface area contributed by atoms with Gasteiger partial charge in [0.15, 0.2) is 0 Å². The van der Waals surface area contributed by atoms with Gasteiger partial charge in [0.05, 0.1) is 37.2 Å². The molecule has 1 N–H and O–H groups in total. The molecular formula is C32H45N3O6. The molecule has 0 aliphatic carbocycles. The van der Waals surface area contributed by atoms with Crippen molar-refractivity contribution >= 4 is 23.4 Å². The molecule has 2 bridgehead atoms. The molecule has 4 rings (SSSR count). The van der Waals surface area contributed by atoms with Gasteiger partial charge in [0.1, 0.15) is 17.4 Å². The molecule has 3 heterocycles. The van der Waals surface area contributed by atoms with Gasteiger partial charge in [0.2, 0.25) is 11.8 Å². The molecular weight excluding hydrogens is 522 g/mol. The van der Waals surface area contributed by atoms with Crippen LogP contribution in [-0.2, 0) is 19.1 Å². The molecule has 2 unspecified atom stereocenters. The average molecular weight is 568 g/mol. The molecule has 0 radical (unpaired) electrons. The Balaban J connectivity index is 1.88. The summed E-state index contributed by atoms with van der Waals surface area (Å²) in [5.74, 6) is -1.78. The predicted molar refractivity (Wildman–Crippen MR) is 157 cm³/mol. The Kier molecular flexibility index (Phi) is 8.99. The summed E-state index contributed by atoms with van der Waals surface area (Å²) in [7, 11) is 3.28. The number of aliphatic hydroxyl groups excluding tert-OH is 1. The van der Waals surface area contributed by atoms with Crippen molar-refractivity contribution < 1.29 is 29.0 Å². The summed E-state index contributed by atoms with van der Waals surface area (Å²) in [5, 5.41) is 10.6. The normalized spacial score (nSPS) is 29.6. The second kappa shape index (κ2) is 12.0. The van der Waals surface area contributed by atoms with E-state index in [-0.39, 0.29) is 36.8 Å². The van der Waals surface area contributed by atoms with Crippen molar-refractivity contribution in [3.8, 4) is 5.75 Å². The number of carbonyl (C=O) groups excluding carboxylic acids is 3. The number of ether oxygens (including phenoxy) is 2. The molecule has 1 aromatic carbocycles. The number of likely N-dealkylation sites (tertiary alicyclic amines) is 1. The summed E-state index contributed by atoms with van der Waals surface area (Å²) >= 11 is 0.